The SMILES string of the molecule is Cl.N=C(N)NOC(=O)/C=C\C(=O)ONC(=N)N. The minimum Gasteiger partial charge on any atom is -0.368 e. The van der Waals surface area contributed by atoms with Gasteiger partial charge in [0.2, 0.25) is 11.9 Å². The maximum Gasteiger partial charge on any atom is 0.356 e. The van der Waals surface area contributed by atoms with Crippen molar-refractivity contribution in [1.29, 1.82) is 10.8 Å². The molecule has 0 bridgehead atoms. The maximum atomic E-state index is 10.8. The van der Waals surface area contributed by atoms with Gasteiger partial charge in [0.05, 0.1) is 0 Å². The van der Waals surface area contributed by atoms with Gasteiger partial charge in [-0.25, -0.2) is 9.59 Å². The Kier molecular flexibility index (Phi) is 8.75. The molecule has 0 unspecified atom stereocenters. The normalized spacial score (nSPS) is 8.71. The zero-order valence-electron chi connectivity index (χ0n) is 8.35. The summed E-state index contributed by atoms with van der Waals surface area (Å²) < 4.78 is 0. The van der Waals surface area contributed by atoms with E-state index in [2.05, 4.69) is 9.68 Å². The van der Waals surface area contributed by atoms with Crippen molar-refractivity contribution in [1.82, 2.24) is 11.0 Å². The minimum absolute atomic E-state index is 0. The molecule has 0 aromatic rings. The summed E-state index contributed by atoms with van der Waals surface area (Å²) >= 11 is 0. The van der Waals surface area contributed by atoms with Crippen molar-refractivity contribution in [2.75, 3.05) is 0 Å². The molecule has 0 saturated heterocycles. The third-order valence-electron chi connectivity index (χ3n) is 0.879. The Morgan fingerprint density at radius 2 is 1.24 bits per heavy atom. The topological polar surface area (TPSA) is 176 Å². The molecule has 0 radical (unpaired) electrons. The van der Waals surface area contributed by atoms with Crippen LogP contribution in [0.15, 0.2) is 12.2 Å². The number of hydrogen-bond acceptors (Lipinski definition) is 6. The number of nitrogens with two attached hydrogens (primary N) is 2. The summed E-state index contributed by atoms with van der Waals surface area (Å²) in [6.07, 6.45) is 1.44. The van der Waals surface area contributed by atoms with Gasteiger partial charge in [-0.2, -0.15) is 11.0 Å². The van der Waals surface area contributed by atoms with E-state index in [1.807, 2.05) is 0 Å². The van der Waals surface area contributed by atoms with Crippen LogP contribution in [0.25, 0.3) is 0 Å². The standard InChI is InChI=1S/C6H10N6O4.ClH/c7-5(8)11-15-3(13)1-2-4(14)16-12-6(9)10;/h1-2H,(H4,7,8,11)(H4,9,10,12);1H/b2-1-;. The average molecular weight is 267 g/mol. The van der Waals surface area contributed by atoms with Crippen molar-refractivity contribution in [2.24, 2.45) is 11.5 Å². The molecular weight excluding hydrogens is 256 g/mol. The van der Waals surface area contributed by atoms with E-state index in [1.54, 1.807) is 11.0 Å². The van der Waals surface area contributed by atoms with E-state index in [0.717, 1.165) is 12.2 Å². The highest BCUT2D eigenvalue weighted by atomic mass is 35.5. The van der Waals surface area contributed by atoms with Crippen molar-refractivity contribution in [3.8, 4) is 0 Å². The van der Waals surface area contributed by atoms with Crippen LogP contribution in [-0.2, 0) is 19.3 Å². The quantitative estimate of drug-likeness (QED) is 0.142. The first-order chi connectivity index (χ1) is 7.41. The van der Waals surface area contributed by atoms with Crippen LogP contribution >= 0.6 is 12.4 Å². The smallest absolute Gasteiger partial charge is 0.356 e. The van der Waals surface area contributed by atoms with E-state index in [0.29, 0.717) is 0 Å². The van der Waals surface area contributed by atoms with Crippen molar-refractivity contribution in [2.45, 2.75) is 0 Å². The number of carbonyl (C=O) groups is 2. The summed E-state index contributed by atoms with van der Waals surface area (Å²) in [5.74, 6) is -3.06. The van der Waals surface area contributed by atoms with Crippen molar-refractivity contribution < 1.29 is 19.3 Å². The molecule has 0 aromatic carbocycles. The molecule has 0 atom stereocenters. The lowest BCUT2D eigenvalue weighted by Crippen LogP contribution is -2.32. The molecule has 0 amide bonds. The minimum atomic E-state index is -0.963. The largest absolute Gasteiger partial charge is 0.368 e. The molecule has 0 heterocycles. The second-order valence-electron chi connectivity index (χ2n) is 2.21. The molecule has 0 rings (SSSR count). The number of guanidine groups is 2. The molecule has 0 aliphatic carbocycles. The van der Waals surface area contributed by atoms with Gasteiger partial charge in [0.1, 0.15) is 0 Å². The van der Waals surface area contributed by atoms with E-state index >= 15 is 0 Å². The number of hydrogen-bond donors (Lipinski definition) is 6. The molecule has 0 spiro atoms. The number of carbonyl (C=O) groups excluding carboxylic acids is 2. The van der Waals surface area contributed by atoms with Gasteiger partial charge in [-0.15, -0.1) is 12.4 Å². The van der Waals surface area contributed by atoms with Crippen LogP contribution in [0.1, 0.15) is 0 Å². The lowest BCUT2D eigenvalue weighted by molar-refractivity contribution is -0.144. The zero-order chi connectivity index (χ0) is 12.6. The van der Waals surface area contributed by atoms with Crippen molar-refractivity contribution in [3.63, 3.8) is 0 Å². The van der Waals surface area contributed by atoms with Gasteiger partial charge in [-0.1, -0.05) is 0 Å². The number of halogens is 1. The number of nitrogens with one attached hydrogen (secondary N) is 4. The summed E-state index contributed by atoms with van der Waals surface area (Å²) in [5, 5.41) is 13.3. The highest BCUT2D eigenvalue weighted by Crippen LogP contribution is 1.81. The Morgan fingerprint density at radius 3 is 1.47 bits per heavy atom. The first-order valence-corrected chi connectivity index (χ1v) is 3.71. The van der Waals surface area contributed by atoms with E-state index in [-0.39, 0.29) is 12.4 Å². The third kappa shape index (κ3) is 11.4. The Labute approximate surface area is 102 Å². The summed E-state index contributed by atoms with van der Waals surface area (Å²) in [6.45, 7) is 0. The Balaban J connectivity index is 0. The fraction of sp³-hybridized carbons (Fsp3) is 0. The lowest BCUT2D eigenvalue weighted by Gasteiger charge is -2.01. The van der Waals surface area contributed by atoms with Crippen molar-refractivity contribution in [3.05, 3.63) is 12.2 Å². The van der Waals surface area contributed by atoms with E-state index in [1.165, 1.54) is 0 Å². The van der Waals surface area contributed by atoms with Crippen LogP contribution in [0.4, 0.5) is 0 Å². The first kappa shape index (κ1) is 16.9. The Morgan fingerprint density at radius 1 is 0.941 bits per heavy atom. The molecule has 0 aliphatic heterocycles. The van der Waals surface area contributed by atoms with E-state index in [4.69, 9.17) is 22.3 Å². The fourth-order valence-electron chi connectivity index (χ4n) is 0.415. The molecule has 0 aromatic heterocycles. The number of hydroxylamine groups is 2. The summed E-state index contributed by atoms with van der Waals surface area (Å²) in [7, 11) is 0. The highest BCUT2D eigenvalue weighted by Gasteiger charge is 2.01. The van der Waals surface area contributed by atoms with Crippen LogP contribution in [0.2, 0.25) is 0 Å². The number of rotatable bonds is 2. The predicted molar refractivity (Wildman–Crippen MR) is 58.7 cm³/mol. The average Bonchev–Trinajstić information content (AvgIpc) is 2.20. The molecule has 0 fully saturated rings. The monoisotopic (exact) mass is 266 g/mol. The molecule has 96 valence electrons. The summed E-state index contributed by atoms with van der Waals surface area (Å²) in [5.41, 5.74) is 13.1. The Bertz CT molecular complexity index is 311. The van der Waals surface area contributed by atoms with Gasteiger partial charge in [0, 0.05) is 12.2 Å². The molecule has 11 heteroatoms. The molecule has 17 heavy (non-hydrogen) atoms. The zero-order valence-corrected chi connectivity index (χ0v) is 9.17. The third-order valence-corrected chi connectivity index (χ3v) is 0.879. The second kappa shape index (κ2) is 8.79. The molecule has 0 aliphatic rings. The lowest BCUT2D eigenvalue weighted by atomic mass is 10.5. The van der Waals surface area contributed by atoms with E-state index in [9.17, 15) is 9.59 Å². The summed E-state index contributed by atoms with van der Waals surface area (Å²) in [6, 6.07) is 0. The van der Waals surface area contributed by atoms with Gasteiger partial charge in [0.15, 0.2) is 0 Å². The van der Waals surface area contributed by atoms with Crippen LogP contribution < -0.4 is 22.4 Å². The van der Waals surface area contributed by atoms with E-state index < -0.39 is 23.9 Å². The first-order valence-electron chi connectivity index (χ1n) is 3.71. The molecule has 10 nitrogen and oxygen atoms in total. The van der Waals surface area contributed by atoms with Gasteiger partial charge >= 0.3 is 11.9 Å². The molecular formula is C6H11ClN6O4. The Hall–Kier alpha value is -2.49. The molecule has 0 saturated carbocycles. The van der Waals surface area contributed by atoms with Gasteiger partial charge in [-0.05, 0) is 0 Å². The van der Waals surface area contributed by atoms with Crippen LogP contribution in [-0.4, -0.2) is 23.9 Å². The predicted octanol–water partition coefficient (Wildman–Crippen LogP) is -2.15. The van der Waals surface area contributed by atoms with Gasteiger partial charge in [0.25, 0.3) is 0 Å². The van der Waals surface area contributed by atoms with Crippen LogP contribution in [0, 0.1) is 10.8 Å². The highest BCUT2D eigenvalue weighted by molar-refractivity contribution is 5.92. The maximum absolute atomic E-state index is 10.8. The molecule has 8 N–H and O–H groups in total. The summed E-state index contributed by atoms with van der Waals surface area (Å²) in [4.78, 5) is 29.9. The second-order valence-corrected chi connectivity index (χ2v) is 2.21. The van der Waals surface area contributed by atoms with Gasteiger partial charge < -0.3 is 21.1 Å². The van der Waals surface area contributed by atoms with Crippen LogP contribution in [0.5, 0.6) is 0 Å². The van der Waals surface area contributed by atoms with Gasteiger partial charge in [-0.3, -0.25) is 10.8 Å². The fourth-order valence-corrected chi connectivity index (χ4v) is 0.415. The van der Waals surface area contributed by atoms with Crippen molar-refractivity contribution >= 4 is 36.3 Å². The van der Waals surface area contributed by atoms with Crippen LogP contribution in [0.3, 0.4) is 0 Å².